The third kappa shape index (κ3) is 25.9. The first-order valence-corrected chi connectivity index (χ1v) is 57.8. The summed E-state index contributed by atoms with van der Waals surface area (Å²) in [5.74, 6) is 0. The summed E-state index contributed by atoms with van der Waals surface area (Å²) < 4.78 is 0. The van der Waals surface area contributed by atoms with Crippen molar-refractivity contribution in [1.29, 1.82) is 0 Å². The molecule has 0 bridgehead atoms. The molecular formula is C82H94Co2CuP12+11. The summed E-state index contributed by atoms with van der Waals surface area (Å²) in [6, 6.07) is 136. The maximum atomic E-state index is 2.64. The van der Waals surface area contributed by atoms with Crippen molar-refractivity contribution >= 4 is 159 Å². The summed E-state index contributed by atoms with van der Waals surface area (Å²) in [5.41, 5.74) is 0.250. The molecule has 0 nitrogen and oxygen atoms in total. The molecule has 4 unspecified atom stereocenters. The van der Waals surface area contributed by atoms with Gasteiger partial charge in [-0.15, -0.1) is 0 Å². The van der Waals surface area contributed by atoms with Crippen molar-refractivity contribution in [2.45, 2.75) is 13.8 Å². The van der Waals surface area contributed by atoms with Gasteiger partial charge in [0.2, 0.25) is 0 Å². The van der Waals surface area contributed by atoms with Crippen molar-refractivity contribution in [3.05, 3.63) is 364 Å². The Kier molecular flexibility index (Phi) is 35.8. The SMILES string of the molecule is CC(C[PH+](c1ccccc1)c1ccccc1)(C[PH+](c1ccccc1)c1ccccc1)C[PH+](c1ccccc1)c1ccccc1.CC(C[PH+](c1ccccc1)c1ccccc1)(C[PH+](c1ccccc1)c1ccccc1)C[PH+](c1ccccc1)c1ccccc1.P1[PH2+][PH2+]1.P1[PH2+][PH2+]1.[Co].[Co].[Cu+]. The van der Waals surface area contributed by atoms with Crippen LogP contribution in [0.5, 0.6) is 0 Å². The molecule has 12 aromatic rings. The Morgan fingerprint density at radius 2 is 0.278 bits per heavy atom. The summed E-state index contributed by atoms with van der Waals surface area (Å²) in [4.78, 5) is 0. The summed E-state index contributed by atoms with van der Waals surface area (Å²) >= 11 is 0. The number of hydrogen-bond acceptors (Lipinski definition) is 0. The largest absolute Gasteiger partial charge is 1.00 e. The fourth-order valence-electron chi connectivity index (χ4n) is 12.8. The van der Waals surface area contributed by atoms with Gasteiger partial charge in [-0.1, -0.05) is 218 Å². The molecule has 97 heavy (non-hydrogen) atoms. The zero-order chi connectivity index (χ0) is 64.3. The molecule has 2 fully saturated rings. The average molecular weight is 1630 g/mol. The molecule has 0 aromatic heterocycles. The van der Waals surface area contributed by atoms with Crippen LogP contribution in [0.1, 0.15) is 13.8 Å². The van der Waals surface area contributed by atoms with E-state index in [9.17, 15) is 0 Å². The number of rotatable bonds is 24. The Bertz CT molecular complexity index is 3110. The molecule has 0 spiro atoms. The van der Waals surface area contributed by atoms with E-state index >= 15 is 0 Å². The second-order valence-corrected chi connectivity index (χ2v) is 65.7. The summed E-state index contributed by atoms with van der Waals surface area (Å²) in [7, 11) is 1.21. The van der Waals surface area contributed by atoms with Crippen LogP contribution < -0.4 is 63.7 Å². The van der Waals surface area contributed by atoms with E-state index in [1.165, 1.54) is 117 Å². The summed E-state index contributed by atoms with van der Waals surface area (Å²) in [6.07, 6.45) is 7.21. The van der Waals surface area contributed by atoms with Gasteiger partial charge < -0.3 is 0 Å². The fraction of sp³-hybridized carbons (Fsp3) is 0.122. The molecule has 4 atom stereocenters. The molecule has 500 valence electrons. The van der Waals surface area contributed by atoms with Gasteiger partial charge in [-0.3, -0.25) is 0 Å². The predicted octanol–water partition coefficient (Wildman–Crippen LogP) is 17.7. The van der Waals surface area contributed by atoms with Gasteiger partial charge in [0, 0.05) is 33.6 Å². The van der Waals surface area contributed by atoms with Crippen molar-refractivity contribution in [3.8, 4) is 0 Å². The Morgan fingerprint density at radius 3 is 0.351 bits per heavy atom. The molecule has 14 rings (SSSR count). The molecule has 2 aliphatic heterocycles. The minimum absolute atomic E-state index is 0. The van der Waals surface area contributed by atoms with Crippen LogP contribution in [0.2, 0.25) is 0 Å². The summed E-state index contributed by atoms with van der Waals surface area (Å²) in [6.45, 7) is 5.27. The second kappa shape index (κ2) is 43.4. The first-order chi connectivity index (χ1) is 46.4. The molecule has 2 saturated heterocycles. The van der Waals surface area contributed by atoms with Crippen molar-refractivity contribution in [2.75, 3.05) is 37.0 Å². The number of hydrogen-bond donors (Lipinski definition) is 0. The first-order valence-electron chi connectivity index (χ1n) is 33.0. The molecule has 2 radical (unpaired) electrons. The van der Waals surface area contributed by atoms with Crippen LogP contribution >= 0.6 is 95.3 Å². The molecule has 12 aromatic carbocycles. The van der Waals surface area contributed by atoms with Gasteiger partial charge in [0.25, 0.3) is 15.9 Å². The van der Waals surface area contributed by atoms with Gasteiger partial charge in [0.1, 0.15) is 0 Å². The van der Waals surface area contributed by atoms with Crippen molar-refractivity contribution < 1.29 is 50.6 Å². The van der Waals surface area contributed by atoms with Crippen molar-refractivity contribution in [3.63, 3.8) is 0 Å². The van der Waals surface area contributed by atoms with E-state index in [1.54, 1.807) is 0 Å². The Balaban J connectivity index is 0.000000221. The van der Waals surface area contributed by atoms with Crippen LogP contribution in [0.3, 0.4) is 0 Å². The Hall–Kier alpha value is -2.67. The van der Waals surface area contributed by atoms with Crippen molar-refractivity contribution in [1.82, 2.24) is 0 Å². The third-order valence-corrected chi connectivity index (χ3v) is 45.7. The van der Waals surface area contributed by atoms with Crippen LogP contribution in [0.25, 0.3) is 0 Å². The molecule has 0 N–H and O–H groups in total. The van der Waals surface area contributed by atoms with Gasteiger partial charge in [-0.2, -0.15) is 0 Å². The maximum Gasteiger partial charge on any atom is 1.00 e. The zero-order valence-corrected chi connectivity index (χ0v) is 70.8. The molecule has 15 heteroatoms. The van der Waals surface area contributed by atoms with Crippen molar-refractivity contribution in [2.24, 2.45) is 10.8 Å². The van der Waals surface area contributed by atoms with Crippen LogP contribution in [-0.4, -0.2) is 37.0 Å². The van der Waals surface area contributed by atoms with E-state index in [2.05, 4.69) is 378 Å². The van der Waals surface area contributed by atoms with Crippen LogP contribution in [-0.2, 0) is 50.6 Å². The molecule has 2 heterocycles. The zero-order valence-electron chi connectivity index (χ0n) is 55.2. The smallest absolute Gasteiger partial charge is 0.0620 e. The van der Waals surface area contributed by atoms with Gasteiger partial charge in [-0.25, -0.2) is 0 Å². The molecule has 0 saturated carbocycles. The first kappa shape index (κ1) is 80.0. The van der Waals surface area contributed by atoms with E-state index in [4.69, 9.17) is 0 Å². The molecular weight excluding hydrogens is 1540 g/mol. The van der Waals surface area contributed by atoms with Gasteiger partial charge >= 0.3 is 17.1 Å². The van der Waals surface area contributed by atoms with E-state index in [0.717, 1.165) is 31.8 Å². The minimum Gasteiger partial charge on any atom is -0.0620 e. The minimum atomic E-state index is -1.04. The normalized spacial score (nSPS) is 13.6. The maximum absolute atomic E-state index is 2.64. The average Bonchev–Trinajstić information content (AvgIpc) is 1.81. The van der Waals surface area contributed by atoms with E-state index in [0.29, 0.717) is 0 Å². The van der Waals surface area contributed by atoms with E-state index in [-0.39, 0.29) is 61.5 Å². The monoisotopic (exact) mass is 1630 g/mol. The van der Waals surface area contributed by atoms with Gasteiger partial charge in [-0.05, 0) is 159 Å². The number of benzene rings is 12. The fourth-order valence-corrected chi connectivity index (χ4v) is 32.5. The topological polar surface area (TPSA) is 0 Å². The van der Waals surface area contributed by atoms with E-state index < -0.39 is 47.5 Å². The Morgan fingerprint density at radius 1 is 0.196 bits per heavy atom. The quantitative estimate of drug-likeness (QED) is 0.0418. The van der Waals surface area contributed by atoms with Crippen LogP contribution in [0, 0.1) is 10.8 Å². The Labute approximate surface area is 629 Å². The van der Waals surface area contributed by atoms with Crippen LogP contribution in [0.4, 0.5) is 0 Å². The van der Waals surface area contributed by atoms with Gasteiger partial charge in [0.05, 0.1) is 159 Å². The third-order valence-electron chi connectivity index (χ3n) is 17.4. The van der Waals surface area contributed by atoms with E-state index in [1.807, 2.05) is 0 Å². The molecule has 0 amide bonds. The van der Waals surface area contributed by atoms with Gasteiger partial charge in [0.15, 0.2) is 31.8 Å². The predicted molar refractivity (Wildman–Crippen MR) is 464 cm³/mol. The molecule has 2 aliphatic rings. The standard InChI is InChI=1S/2C41H39P3.2Co.Cu.2H5P3/c2*1-41(32-42(35-20-8-2-9-21-35)36-22-10-3-11-23-36,33-43(37-24-12-4-13-25-37)38-26-14-5-15-27-38)34-44(39-28-16-6-17-29-39)40-30-18-7-19-31-40;;;;2*1-2-3-1/h2*2-31H,32-34H2,1H3;;;;2*1H,2-3H2/q;;;;+1;2*+2/p+6. The summed E-state index contributed by atoms with van der Waals surface area (Å²) in [5, 5.41) is 18.1. The van der Waals surface area contributed by atoms with Crippen LogP contribution in [0.15, 0.2) is 364 Å². The second-order valence-electron chi connectivity index (χ2n) is 24.9. The molecule has 0 aliphatic carbocycles.